The van der Waals surface area contributed by atoms with Crippen molar-refractivity contribution in [2.75, 3.05) is 19.0 Å². The molecule has 0 saturated carbocycles. The standard InChI is InChI=1S/C13H10N6O3/c1-18(2)9-5-7(19(21)22)3-4-8(9)11-16-10-12(17-11)14-6-15-13(10)20/h3-6H,1-2H3. The van der Waals surface area contributed by atoms with E-state index in [0.29, 0.717) is 11.3 Å². The lowest BCUT2D eigenvalue weighted by atomic mass is 10.1. The van der Waals surface area contributed by atoms with E-state index in [-0.39, 0.29) is 23.1 Å². The molecule has 9 heteroatoms. The fourth-order valence-corrected chi connectivity index (χ4v) is 2.08. The molecule has 0 unspecified atom stereocenters. The lowest BCUT2D eigenvalue weighted by molar-refractivity contribution is -0.384. The van der Waals surface area contributed by atoms with Gasteiger partial charge in [-0.2, -0.15) is 4.99 Å². The molecule has 110 valence electrons. The zero-order valence-corrected chi connectivity index (χ0v) is 11.7. The van der Waals surface area contributed by atoms with Gasteiger partial charge < -0.3 is 4.90 Å². The highest BCUT2D eigenvalue weighted by atomic mass is 16.6. The van der Waals surface area contributed by atoms with Gasteiger partial charge in [0.25, 0.3) is 5.69 Å². The molecular formula is C13H10N6O3. The smallest absolute Gasteiger partial charge is 0.301 e. The van der Waals surface area contributed by atoms with Crippen LogP contribution in [0.4, 0.5) is 11.4 Å². The largest absolute Gasteiger partial charge is 0.377 e. The maximum Gasteiger partial charge on any atom is 0.301 e. The number of carbonyl (C=O) groups is 1. The van der Waals surface area contributed by atoms with E-state index in [4.69, 9.17) is 0 Å². The molecule has 2 aliphatic rings. The number of fused-ring (bicyclic) bond motifs is 1. The van der Waals surface area contributed by atoms with Gasteiger partial charge in [0.1, 0.15) is 6.34 Å². The minimum absolute atomic E-state index is 0.0344. The first kappa shape index (κ1) is 13.7. The van der Waals surface area contributed by atoms with Gasteiger partial charge in [0.15, 0.2) is 17.4 Å². The van der Waals surface area contributed by atoms with Crippen LogP contribution >= 0.6 is 0 Å². The van der Waals surface area contributed by atoms with Crippen LogP contribution in [0, 0.1) is 10.1 Å². The summed E-state index contributed by atoms with van der Waals surface area (Å²) < 4.78 is 0. The normalized spacial score (nSPS) is 15.9. The Bertz CT molecular complexity index is 819. The number of anilines is 1. The van der Waals surface area contributed by atoms with Gasteiger partial charge in [0.05, 0.1) is 10.6 Å². The number of hydrogen-bond donors (Lipinski definition) is 0. The summed E-state index contributed by atoms with van der Waals surface area (Å²) in [5.41, 5.74) is 1.20. The Morgan fingerprint density at radius 1 is 1.18 bits per heavy atom. The first-order valence-electron chi connectivity index (χ1n) is 6.26. The minimum atomic E-state index is -0.503. The van der Waals surface area contributed by atoms with Gasteiger partial charge in [0, 0.05) is 31.8 Å². The predicted octanol–water partition coefficient (Wildman–Crippen LogP) is 0.829. The summed E-state index contributed by atoms with van der Waals surface area (Å²) in [6.07, 6.45) is 1.13. The molecule has 2 aliphatic heterocycles. The lowest BCUT2D eigenvalue weighted by Crippen LogP contribution is -2.21. The number of benzene rings is 1. The van der Waals surface area contributed by atoms with E-state index >= 15 is 0 Å². The van der Waals surface area contributed by atoms with Crippen molar-refractivity contribution in [3.8, 4) is 0 Å². The molecule has 1 aromatic carbocycles. The highest BCUT2D eigenvalue weighted by Crippen LogP contribution is 2.27. The number of aliphatic imine (C=N–C) groups is 4. The third kappa shape index (κ3) is 2.18. The van der Waals surface area contributed by atoms with Crippen LogP contribution in [-0.4, -0.2) is 48.6 Å². The number of non-ortho nitro benzene ring substituents is 1. The molecule has 0 bridgehead atoms. The van der Waals surface area contributed by atoms with Gasteiger partial charge in [0.2, 0.25) is 0 Å². The number of amidine groups is 2. The Morgan fingerprint density at radius 3 is 2.59 bits per heavy atom. The first-order valence-corrected chi connectivity index (χ1v) is 6.26. The van der Waals surface area contributed by atoms with Crippen LogP contribution in [0.3, 0.4) is 0 Å². The van der Waals surface area contributed by atoms with E-state index in [1.807, 2.05) is 0 Å². The van der Waals surface area contributed by atoms with E-state index in [2.05, 4.69) is 20.0 Å². The number of amides is 1. The molecule has 0 atom stereocenters. The summed E-state index contributed by atoms with van der Waals surface area (Å²) in [4.78, 5) is 39.6. The molecule has 9 nitrogen and oxygen atoms in total. The Hall–Kier alpha value is -3.23. The molecule has 0 radical (unpaired) electrons. The fraction of sp³-hybridized carbons (Fsp3) is 0.154. The molecule has 1 amide bonds. The van der Waals surface area contributed by atoms with Gasteiger partial charge in [-0.25, -0.2) is 15.0 Å². The number of nitro benzene ring substituents is 1. The van der Waals surface area contributed by atoms with Crippen LogP contribution in [0.1, 0.15) is 5.56 Å². The Kier molecular flexibility index (Phi) is 3.09. The Labute approximate surface area is 124 Å². The van der Waals surface area contributed by atoms with Crippen molar-refractivity contribution >= 4 is 41.0 Å². The van der Waals surface area contributed by atoms with Gasteiger partial charge in [-0.1, -0.05) is 0 Å². The molecule has 2 heterocycles. The zero-order chi connectivity index (χ0) is 15.9. The molecule has 0 N–H and O–H groups in total. The van der Waals surface area contributed by atoms with Crippen molar-refractivity contribution in [2.45, 2.75) is 0 Å². The average Bonchev–Trinajstić information content (AvgIpc) is 2.92. The number of rotatable bonds is 3. The molecule has 1 aromatic rings. The topological polar surface area (TPSA) is 113 Å². The second kappa shape index (κ2) is 4.95. The van der Waals surface area contributed by atoms with E-state index in [1.165, 1.54) is 12.1 Å². The summed E-state index contributed by atoms with van der Waals surface area (Å²) in [5.74, 6) is -0.0127. The number of carbonyl (C=O) groups excluding carboxylic acids is 1. The van der Waals surface area contributed by atoms with E-state index in [0.717, 1.165) is 6.34 Å². The summed E-state index contributed by atoms with van der Waals surface area (Å²) in [6, 6.07) is 4.35. The maximum atomic E-state index is 11.6. The average molecular weight is 298 g/mol. The van der Waals surface area contributed by atoms with E-state index < -0.39 is 10.8 Å². The highest BCUT2D eigenvalue weighted by Gasteiger charge is 2.28. The van der Waals surface area contributed by atoms with Crippen LogP contribution in [0.25, 0.3) is 0 Å². The van der Waals surface area contributed by atoms with Crippen molar-refractivity contribution in [3.05, 3.63) is 33.9 Å². The summed E-state index contributed by atoms with van der Waals surface area (Å²) in [6.45, 7) is 0. The second-order valence-electron chi connectivity index (χ2n) is 4.75. The minimum Gasteiger partial charge on any atom is -0.377 e. The monoisotopic (exact) mass is 298 g/mol. The molecule has 0 fully saturated rings. The zero-order valence-electron chi connectivity index (χ0n) is 11.7. The van der Waals surface area contributed by atoms with Crippen molar-refractivity contribution < 1.29 is 9.72 Å². The molecule has 0 spiro atoms. The van der Waals surface area contributed by atoms with Crippen LogP contribution < -0.4 is 4.90 Å². The highest BCUT2D eigenvalue weighted by molar-refractivity contribution is 6.71. The van der Waals surface area contributed by atoms with Gasteiger partial charge in [-0.15, -0.1) is 0 Å². The van der Waals surface area contributed by atoms with Crippen molar-refractivity contribution in [1.82, 2.24) is 0 Å². The van der Waals surface area contributed by atoms with E-state index in [9.17, 15) is 14.9 Å². The lowest BCUT2D eigenvalue weighted by Gasteiger charge is -2.16. The molecule has 0 aromatic heterocycles. The fourth-order valence-electron chi connectivity index (χ4n) is 2.08. The third-order valence-electron chi connectivity index (χ3n) is 3.11. The second-order valence-corrected chi connectivity index (χ2v) is 4.75. The molecule has 22 heavy (non-hydrogen) atoms. The molecule has 0 aliphatic carbocycles. The van der Waals surface area contributed by atoms with Crippen molar-refractivity contribution in [3.63, 3.8) is 0 Å². The Morgan fingerprint density at radius 2 is 1.95 bits per heavy atom. The SMILES string of the molecule is CN(C)c1cc([N+](=O)[O-])ccc1C1=NC2=NC=NC(=O)C2=N1. The van der Waals surface area contributed by atoms with Crippen LogP contribution in [0.15, 0.2) is 38.2 Å². The van der Waals surface area contributed by atoms with Gasteiger partial charge in [-0.05, 0) is 6.07 Å². The molecular weight excluding hydrogens is 288 g/mol. The van der Waals surface area contributed by atoms with Crippen LogP contribution in [-0.2, 0) is 4.79 Å². The Balaban J connectivity index is 2.10. The number of nitro groups is 1. The third-order valence-corrected chi connectivity index (χ3v) is 3.11. The summed E-state index contributed by atoms with van der Waals surface area (Å²) in [7, 11) is 3.51. The number of nitrogens with zero attached hydrogens (tertiary/aromatic N) is 6. The van der Waals surface area contributed by atoms with Crippen LogP contribution in [0.5, 0.6) is 0 Å². The van der Waals surface area contributed by atoms with Gasteiger partial charge in [-0.3, -0.25) is 14.9 Å². The summed E-state index contributed by atoms with van der Waals surface area (Å²) in [5, 5.41) is 10.9. The van der Waals surface area contributed by atoms with E-state index in [1.54, 1.807) is 25.1 Å². The predicted molar refractivity (Wildman–Crippen MR) is 82.3 cm³/mol. The first-order chi connectivity index (χ1) is 10.5. The summed E-state index contributed by atoms with van der Waals surface area (Å²) >= 11 is 0. The van der Waals surface area contributed by atoms with Crippen LogP contribution in [0.2, 0.25) is 0 Å². The molecule has 3 rings (SSSR count). The van der Waals surface area contributed by atoms with Crippen molar-refractivity contribution in [2.24, 2.45) is 20.0 Å². The van der Waals surface area contributed by atoms with Gasteiger partial charge >= 0.3 is 5.91 Å². The number of hydrogen-bond acceptors (Lipinski definition) is 7. The maximum absolute atomic E-state index is 11.6. The quantitative estimate of drug-likeness (QED) is 0.607. The molecule has 0 saturated heterocycles. The van der Waals surface area contributed by atoms with Crippen molar-refractivity contribution in [1.29, 1.82) is 0 Å².